The van der Waals surface area contributed by atoms with Crippen molar-refractivity contribution in [2.24, 2.45) is 0 Å². The first kappa shape index (κ1) is 9.21. The van der Waals surface area contributed by atoms with Gasteiger partial charge >= 0.3 is 0 Å². The molecule has 0 unspecified atom stereocenters. The highest BCUT2D eigenvalue weighted by molar-refractivity contribution is 5.75. The molecule has 1 aromatic carbocycles. The number of nitrogens with zero attached hydrogens (tertiary/aromatic N) is 1. The first-order valence-electron chi connectivity index (χ1n) is 3.91. The monoisotopic (exact) mass is 171 g/mol. The van der Waals surface area contributed by atoms with Gasteiger partial charge in [0.05, 0.1) is 11.6 Å². The van der Waals surface area contributed by atoms with Gasteiger partial charge in [0.25, 0.3) is 0 Å². The van der Waals surface area contributed by atoms with Gasteiger partial charge in [0.2, 0.25) is 0 Å². The van der Waals surface area contributed by atoms with Gasteiger partial charge in [0, 0.05) is 0 Å². The average Bonchev–Trinajstić information content (AvgIpc) is 2.16. The van der Waals surface area contributed by atoms with Crippen LogP contribution in [0.25, 0.3) is 6.08 Å². The second-order valence-electron chi connectivity index (χ2n) is 2.63. The predicted octanol–water partition coefficient (Wildman–Crippen LogP) is 2.08. The highest BCUT2D eigenvalue weighted by Gasteiger charge is 1.98. The Bertz CT molecular complexity index is 386. The number of aldehydes is 1. The van der Waals surface area contributed by atoms with Crippen LogP contribution in [0.4, 0.5) is 0 Å². The van der Waals surface area contributed by atoms with Crippen molar-refractivity contribution in [3.63, 3.8) is 0 Å². The Balaban J connectivity index is 3.17. The van der Waals surface area contributed by atoms with Crippen LogP contribution in [0, 0.1) is 18.3 Å². The lowest BCUT2D eigenvalue weighted by atomic mass is 10.0. The summed E-state index contributed by atoms with van der Waals surface area (Å²) in [5.74, 6) is 0. The summed E-state index contributed by atoms with van der Waals surface area (Å²) in [6, 6.07) is 7.52. The van der Waals surface area contributed by atoms with Crippen molar-refractivity contribution in [2.45, 2.75) is 6.92 Å². The zero-order chi connectivity index (χ0) is 9.68. The van der Waals surface area contributed by atoms with Crippen LogP contribution in [0.3, 0.4) is 0 Å². The molecular formula is C11H9NO. The topological polar surface area (TPSA) is 40.9 Å². The zero-order valence-corrected chi connectivity index (χ0v) is 7.32. The summed E-state index contributed by atoms with van der Waals surface area (Å²) in [5.41, 5.74) is 2.46. The second-order valence-corrected chi connectivity index (χ2v) is 2.63. The maximum absolute atomic E-state index is 10.1. The van der Waals surface area contributed by atoms with Crippen molar-refractivity contribution in [1.82, 2.24) is 0 Å². The van der Waals surface area contributed by atoms with Crippen LogP contribution in [0.15, 0.2) is 24.3 Å². The van der Waals surface area contributed by atoms with Crippen LogP contribution >= 0.6 is 0 Å². The summed E-state index contributed by atoms with van der Waals surface area (Å²) in [6.45, 7) is 1.86. The van der Waals surface area contributed by atoms with E-state index in [1.54, 1.807) is 18.2 Å². The molecule has 0 saturated heterocycles. The van der Waals surface area contributed by atoms with E-state index in [2.05, 4.69) is 6.07 Å². The van der Waals surface area contributed by atoms with Crippen molar-refractivity contribution >= 4 is 12.4 Å². The summed E-state index contributed by atoms with van der Waals surface area (Å²) in [4.78, 5) is 10.1. The predicted molar refractivity (Wildman–Crippen MR) is 51.0 cm³/mol. The van der Waals surface area contributed by atoms with Crippen molar-refractivity contribution in [3.05, 3.63) is 41.0 Å². The molecule has 1 aromatic rings. The Kier molecular flexibility index (Phi) is 2.99. The second kappa shape index (κ2) is 4.22. The van der Waals surface area contributed by atoms with Crippen molar-refractivity contribution < 1.29 is 4.79 Å². The third kappa shape index (κ3) is 2.03. The smallest absolute Gasteiger partial charge is 0.142 e. The molecule has 0 aliphatic heterocycles. The number of nitriles is 1. The molecule has 0 heterocycles. The van der Waals surface area contributed by atoms with E-state index in [1.807, 2.05) is 13.0 Å². The number of hydrogen-bond acceptors (Lipinski definition) is 2. The number of hydrogen-bond donors (Lipinski definition) is 0. The summed E-state index contributed by atoms with van der Waals surface area (Å²) < 4.78 is 0. The van der Waals surface area contributed by atoms with E-state index in [0.717, 1.165) is 17.4 Å². The van der Waals surface area contributed by atoms with Crippen LogP contribution in [-0.2, 0) is 4.79 Å². The molecule has 0 amide bonds. The standard InChI is InChI=1S/C11H9NO/c1-9-10(6-3-7-13)4-2-5-11(9)8-12/h2-7H,1H3. The summed E-state index contributed by atoms with van der Waals surface area (Å²) in [5, 5.41) is 8.72. The van der Waals surface area contributed by atoms with Gasteiger partial charge in [-0.25, -0.2) is 0 Å². The maximum atomic E-state index is 10.1. The molecule has 2 heteroatoms. The van der Waals surface area contributed by atoms with Crippen LogP contribution in [-0.4, -0.2) is 6.29 Å². The highest BCUT2D eigenvalue weighted by Crippen LogP contribution is 2.13. The number of allylic oxidation sites excluding steroid dienone is 1. The molecule has 0 N–H and O–H groups in total. The molecular weight excluding hydrogens is 162 g/mol. The van der Waals surface area contributed by atoms with Crippen molar-refractivity contribution in [3.8, 4) is 6.07 Å². The summed E-state index contributed by atoms with van der Waals surface area (Å²) in [6.07, 6.45) is 3.84. The Hall–Kier alpha value is -1.88. The molecule has 2 nitrogen and oxygen atoms in total. The highest BCUT2D eigenvalue weighted by atomic mass is 16.1. The third-order valence-electron chi connectivity index (χ3n) is 1.85. The molecule has 13 heavy (non-hydrogen) atoms. The number of carbonyl (C=O) groups excluding carboxylic acids is 1. The molecule has 64 valence electrons. The maximum Gasteiger partial charge on any atom is 0.142 e. The number of benzene rings is 1. The number of rotatable bonds is 2. The number of carbonyl (C=O) groups is 1. The molecule has 0 fully saturated rings. The molecule has 0 saturated carbocycles. The van der Waals surface area contributed by atoms with Gasteiger partial charge in [-0.15, -0.1) is 0 Å². The zero-order valence-electron chi connectivity index (χ0n) is 7.32. The van der Waals surface area contributed by atoms with E-state index < -0.39 is 0 Å². The molecule has 0 spiro atoms. The van der Waals surface area contributed by atoms with Crippen LogP contribution in [0.5, 0.6) is 0 Å². The minimum absolute atomic E-state index is 0.646. The van der Waals surface area contributed by atoms with E-state index in [4.69, 9.17) is 5.26 Å². The lowest BCUT2D eigenvalue weighted by Gasteiger charge is -2.00. The SMILES string of the molecule is Cc1c(C#N)cccc1C=CC=O. The normalized spacial score (nSPS) is 9.85. The molecule has 0 atom stereocenters. The van der Waals surface area contributed by atoms with Gasteiger partial charge in [0.1, 0.15) is 6.29 Å². The Morgan fingerprint density at radius 2 is 2.23 bits per heavy atom. The molecule has 0 bridgehead atoms. The van der Waals surface area contributed by atoms with Gasteiger partial charge < -0.3 is 0 Å². The Morgan fingerprint density at radius 1 is 1.46 bits per heavy atom. The van der Waals surface area contributed by atoms with E-state index in [9.17, 15) is 4.79 Å². The lowest BCUT2D eigenvalue weighted by molar-refractivity contribution is -0.104. The van der Waals surface area contributed by atoms with Gasteiger partial charge in [0.15, 0.2) is 0 Å². The first-order chi connectivity index (χ1) is 6.29. The molecule has 0 radical (unpaired) electrons. The van der Waals surface area contributed by atoms with Gasteiger partial charge in [-0.3, -0.25) is 4.79 Å². The van der Waals surface area contributed by atoms with E-state index >= 15 is 0 Å². The first-order valence-corrected chi connectivity index (χ1v) is 3.91. The van der Waals surface area contributed by atoms with Crippen LogP contribution in [0.1, 0.15) is 16.7 Å². The average molecular weight is 171 g/mol. The van der Waals surface area contributed by atoms with Crippen LogP contribution < -0.4 is 0 Å². The summed E-state index contributed by atoms with van der Waals surface area (Å²) in [7, 11) is 0. The lowest BCUT2D eigenvalue weighted by Crippen LogP contribution is -1.85. The van der Waals surface area contributed by atoms with Crippen molar-refractivity contribution in [1.29, 1.82) is 5.26 Å². The van der Waals surface area contributed by atoms with E-state index in [0.29, 0.717) is 5.56 Å². The van der Waals surface area contributed by atoms with E-state index in [-0.39, 0.29) is 0 Å². The molecule has 0 aliphatic rings. The summed E-state index contributed by atoms with van der Waals surface area (Å²) >= 11 is 0. The fraction of sp³-hybridized carbons (Fsp3) is 0.0909. The fourth-order valence-corrected chi connectivity index (χ4v) is 1.10. The fourth-order valence-electron chi connectivity index (χ4n) is 1.10. The van der Waals surface area contributed by atoms with Gasteiger partial charge in [-0.05, 0) is 30.2 Å². The Labute approximate surface area is 77.1 Å². The molecule has 0 aliphatic carbocycles. The largest absolute Gasteiger partial charge is 0.299 e. The molecule has 1 rings (SSSR count). The third-order valence-corrected chi connectivity index (χ3v) is 1.85. The minimum atomic E-state index is 0.646. The van der Waals surface area contributed by atoms with Crippen molar-refractivity contribution in [2.75, 3.05) is 0 Å². The Morgan fingerprint density at radius 3 is 2.85 bits per heavy atom. The molecule has 0 aromatic heterocycles. The van der Waals surface area contributed by atoms with Crippen LogP contribution in [0.2, 0.25) is 0 Å². The quantitative estimate of drug-likeness (QED) is 0.505. The van der Waals surface area contributed by atoms with Gasteiger partial charge in [-0.1, -0.05) is 18.2 Å². The van der Waals surface area contributed by atoms with Gasteiger partial charge in [-0.2, -0.15) is 5.26 Å². The minimum Gasteiger partial charge on any atom is -0.299 e. The van der Waals surface area contributed by atoms with E-state index in [1.165, 1.54) is 6.08 Å².